The maximum Gasteiger partial charge on any atom is 0.209 e. The fourth-order valence-corrected chi connectivity index (χ4v) is 5.76. The summed E-state index contributed by atoms with van der Waals surface area (Å²) < 4.78 is 6.17. The van der Waals surface area contributed by atoms with Gasteiger partial charge in [0.05, 0.1) is 15.6 Å². The average Bonchev–Trinajstić information content (AvgIpc) is 3.21. The molecule has 1 atom stereocenters. The van der Waals surface area contributed by atoms with E-state index in [4.69, 9.17) is 27.9 Å². The van der Waals surface area contributed by atoms with Gasteiger partial charge in [0.15, 0.2) is 0 Å². The third-order valence-corrected chi connectivity index (χ3v) is 7.37. The van der Waals surface area contributed by atoms with Crippen LogP contribution in [0.2, 0.25) is 10.0 Å². The zero-order valence-electron chi connectivity index (χ0n) is 18.9. The topological polar surface area (TPSA) is 87.2 Å². The van der Waals surface area contributed by atoms with E-state index in [0.29, 0.717) is 21.4 Å². The molecule has 0 radical (unpaired) electrons. The Hall–Kier alpha value is -3.36. The van der Waals surface area contributed by atoms with Crippen molar-refractivity contribution in [3.05, 3.63) is 64.5 Å². The number of benzene rings is 1. The maximum absolute atomic E-state index is 10.8. The van der Waals surface area contributed by atoms with Gasteiger partial charge in [-0.05, 0) is 37.3 Å². The number of hydrogen-bond donors (Lipinski definition) is 1. The zero-order valence-corrected chi connectivity index (χ0v) is 20.4. The van der Waals surface area contributed by atoms with Crippen LogP contribution in [0.1, 0.15) is 18.6 Å². The second kappa shape index (κ2) is 8.39. The molecule has 178 valence electrons. The normalized spacial score (nSPS) is 17.2. The summed E-state index contributed by atoms with van der Waals surface area (Å²) in [5, 5.41) is 9.47. The first-order valence-electron chi connectivity index (χ1n) is 11.3. The number of anilines is 1. The first kappa shape index (κ1) is 22.1. The standard InChI is InChI=1S/C25H22Cl2N6O2/c1-15(23-19(26)8-28-9-20(23)27)35-17-3-4-21-18(6-17)24(31-30-21)16-2-5-22(29-7-16)33-12-25(13-33)10-32(11-25)14-34/h2-9,14-15H,10-13H2,1H3,(H,30,31)/t15-/m1/s1. The van der Waals surface area contributed by atoms with E-state index in [2.05, 4.69) is 25.1 Å². The lowest BCUT2D eigenvalue weighted by Gasteiger charge is -2.59. The molecule has 5 heterocycles. The van der Waals surface area contributed by atoms with Crippen LogP contribution in [0.5, 0.6) is 5.75 Å². The van der Waals surface area contributed by atoms with Crippen LogP contribution in [-0.2, 0) is 4.79 Å². The molecular formula is C25H22Cl2N6O2. The molecule has 0 bridgehead atoms. The summed E-state index contributed by atoms with van der Waals surface area (Å²) in [6.07, 6.45) is 5.53. The first-order valence-corrected chi connectivity index (χ1v) is 12.0. The summed E-state index contributed by atoms with van der Waals surface area (Å²) in [6.45, 7) is 5.44. The maximum atomic E-state index is 10.8. The molecule has 2 aliphatic rings. The van der Waals surface area contributed by atoms with Crippen molar-refractivity contribution in [2.45, 2.75) is 13.0 Å². The molecule has 6 rings (SSSR count). The van der Waals surface area contributed by atoms with E-state index in [9.17, 15) is 4.79 Å². The van der Waals surface area contributed by atoms with Crippen molar-refractivity contribution in [2.75, 3.05) is 31.1 Å². The Balaban J connectivity index is 1.20. The van der Waals surface area contributed by atoms with E-state index >= 15 is 0 Å². The molecule has 2 aliphatic heterocycles. The van der Waals surface area contributed by atoms with E-state index in [0.717, 1.165) is 60.6 Å². The molecule has 0 unspecified atom stereocenters. The smallest absolute Gasteiger partial charge is 0.209 e. The first-order chi connectivity index (χ1) is 16.9. The summed E-state index contributed by atoms with van der Waals surface area (Å²) >= 11 is 12.6. The van der Waals surface area contributed by atoms with Gasteiger partial charge in [0.2, 0.25) is 6.41 Å². The Morgan fingerprint density at radius 1 is 1.09 bits per heavy atom. The Labute approximate surface area is 211 Å². The monoisotopic (exact) mass is 508 g/mol. The number of likely N-dealkylation sites (tertiary alicyclic amines) is 1. The van der Waals surface area contributed by atoms with E-state index in [1.807, 2.05) is 48.4 Å². The summed E-state index contributed by atoms with van der Waals surface area (Å²) in [5.74, 6) is 1.62. The molecule has 2 fully saturated rings. The lowest BCUT2D eigenvalue weighted by atomic mass is 9.73. The van der Waals surface area contributed by atoms with E-state index in [1.54, 1.807) is 12.4 Å². The van der Waals surface area contributed by atoms with Gasteiger partial charge in [-0.2, -0.15) is 5.10 Å². The summed E-state index contributed by atoms with van der Waals surface area (Å²) in [7, 11) is 0. The fourth-order valence-electron chi connectivity index (χ4n) is 5.09. The number of aromatic amines is 1. The molecule has 8 nitrogen and oxygen atoms in total. The van der Waals surface area contributed by atoms with Crippen molar-refractivity contribution < 1.29 is 9.53 Å². The quantitative estimate of drug-likeness (QED) is 0.378. The highest BCUT2D eigenvalue weighted by atomic mass is 35.5. The highest BCUT2D eigenvalue weighted by Gasteiger charge is 2.51. The van der Waals surface area contributed by atoms with Crippen LogP contribution < -0.4 is 9.64 Å². The van der Waals surface area contributed by atoms with Crippen LogP contribution in [0.3, 0.4) is 0 Å². The Bertz CT molecular complexity index is 1390. The minimum absolute atomic E-state index is 0.248. The number of hydrogen-bond acceptors (Lipinski definition) is 6. The number of carbonyl (C=O) groups excluding carboxylic acids is 1. The number of H-pyrrole nitrogens is 1. The van der Waals surface area contributed by atoms with E-state index < -0.39 is 0 Å². The highest BCUT2D eigenvalue weighted by Crippen LogP contribution is 2.41. The van der Waals surface area contributed by atoms with Crippen molar-refractivity contribution in [2.24, 2.45) is 5.41 Å². The van der Waals surface area contributed by atoms with E-state index in [-0.39, 0.29) is 11.5 Å². The number of rotatable bonds is 6. The second-order valence-electron chi connectivity index (χ2n) is 9.33. The van der Waals surface area contributed by atoms with Crippen molar-refractivity contribution in [3.8, 4) is 17.0 Å². The van der Waals surface area contributed by atoms with Gasteiger partial charge >= 0.3 is 0 Å². The molecule has 1 amide bonds. The molecule has 0 saturated carbocycles. The lowest BCUT2D eigenvalue weighted by Crippen LogP contribution is -2.72. The molecule has 4 aromatic rings. The van der Waals surface area contributed by atoms with Crippen molar-refractivity contribution in [1.82, 2.24) is 25.1 Å². The van der Waals surface area contributed by atoms with Gasteiger partial charge in [-0.1, -0.05) is 23.2 Å². The number of nitrogens with one attached hydrogen (secondary N) is 1. The highest BCUT2D eigenvalue weighted by molar-refractivity contribution is 6.35. The second-order valence-corrected chi connectivity index (χ2v) is 10.1. The van der Waals surface area contributed by atoms with Gasteiger partial charge < -0.3 is 14.5 Å². The molecule has 3 aromatic heterocycles. The lowest BCUT2D eigenvalue weighted by molar-refractivity contribution is -0.130. The number of amides is 1. The van der Waals surface area contributed by atoms with Crippen LogP contribution in [0.15, 0.2) is 48.9 Å². The number of carbonyl (C=O) groups is 1. The van der Waals surface area contributed by atoms with Gasteiger partial charge in [-0.15, -0.1) is 0 Å². The molecule has 35 heavy (non-hydrogen) atoms. The Morgan fingerprint density at radius 2 is 1.86 bits per heavy atom. The van der Waals surface area contributed by atoms with Gasteiger partial charge in [-0.25, -0.2) is 4.98 Å². The van der Waals surface area contributed by atoms with Gasteiger partial charge in [0, 0.05) is 66.7 Å². The van der Waals surface area contributed by atoms with Gasteiger partial charge in [0.25, 0.3) is 0 Å². The third kappa shape index (κ3) is 3.86. The largest absolute Gasteiger partial charge is 0.486 e. The van der Waals surface area contributed by atoms with E-state index in [1.165, 1.54) is 0 Å². The molecule has 2 saturated heterocycles. The zero-order chi connectivity index (χ0) is 24.2. The third-order valence-electron chi connectivity index (χ3n) is 6.77. The molecular weight excluding hydrogens is 487 g/mol. The minimum Gasteiger partial charge on any atom is -0.486 e. The predicted molar refractivity (Wildman–Crippen MR) is 135 cm³/mol. The van der Waals surface area contributed by atoms with Crippen LogP contribution in [0.4, 0.5) is 5.82 Å². The molecule has 1 N–H and O–H groups in total. The summed E-state index contributed by atoms with van der Waals surface area (Å²) in [4.78, 5) is 23.6. The summed E-state index contributed by atoms with van der Waals surface area (Å²) in [6, 6.07) is 9.84. The van der Waals surface area contributed by atoms with Crippen LogP contribution >= 0.6 is 23.2 Å². The van der Waals surface area contributed by atoms with Gasteiger partial charge in [-0.3, -0.25) is 14.9 Å². The minimum atomic E-state index is -0.360. The number of fused-ring (bicyclic) bond motifs is 1. The van der Waals surface area contributed by atoms with Crippen LogP contribution in [-0.4, -0.2) is 57.7 Å². The van der Waals surface area contributed by atoms with Crippen LogP contribution in [0, 0.1) is 5.41 Å². The molecule has 0 aliphatic carbocycles. The predicted octanol–water partition coefficient (Wildman–Crippen LogP) is 4.75. The number of nitrogens with zero attached hydrogens (tertiary/aromatic N) is 5. The van der Waals surface area contributed by atoms with Crippen molar-refractivity contribution in [3.63, 3.8) is 0 Å². The van der Waals surface area contributed by atoms with Gasteiger partial charge in [0.1, 0.15) is 23.4 Å². The van der Waals surface area contributed by atoms with Crippen molar-refractivity contribution >= 4 is 46.3 Å². The number of halogens is 2. The van der Waals surface area contributed by atoms with Crippen molar-refractivity contribution in [1.29, 1.82) is 0 Å². The molecule has 1 spiro atoms. The average molecular weight is 509 g/mol. The number of ether oxygens (including phenoxy) is 1. The Morgan fingerprint density at radius 3 is 2.54 bits per heavy atom. The summed E-state index contributed by atoms with van der Waals surface area (Å²) in [5.41, 5.74) is 3.56. The SMILES string of the molecule is C[C@@H](Oc1ccc2[nH]nc(-c3ccc(N4CC5(CN(C=O)C5)C4)nc3)c2c1)c1c(Cl)cncc1Cl. The fraction of sp³-hybridized carbons (Fsp3) is 0.280. The number of pyridine rings is 2. The molecule has 1 aromatic carbocycles. The molecule has 10 heteroatoms. The number of aromatic nitrogens is 4. The van der Waals surface area contributed by atoms with Crippen LogP contribution in [0.25, 0.3) is 22.2 Å². The Kier molecular flexibility index (Phi) is 5.30.